The van der Waals surface area contributed by atoms with Gasteiger partial charge in [0.05, 0.1) is 12.2 Å². The molecule has 1 aliphatic rings. The van der Waals surface area contributed by atoms with Gasteiger partial charge in [-0.1, -0.05) is 18.2 Å². The van der Waals surface area contributed by atoms with E-state index in [1.165, 1.54) is 5.56 Å². The topological polar surface area (TPSA) is 37.4 Å². The van der Waals surface area contributed by atoms with Crippen molar-refractivity contribution >= 4 is 0 Å². The number of hydrogen-bond donors (Lipinski definition) is 0. The molecule has 12 heavy (non-hydrogen) atoms. The van der Waals surface area contributed by atoms with Gasteiger partial charge in [0.2, 0.25) is 5.39 Å². The van der Waals surface area contributed by atoms with Crippen molar-refractivity contribution in [3.05, 3.63) is 40.4 Å². The molecule has 0 saturated carbocycles. The molecule has 1 unspecified atom stereocenters. The van der Waals surface area contributed by atoms with Gasteiger partial charge in [0, 0.05) is 0 Å². The van der Waals surface area contributed by atoms with Crippen LogP contribution in [0, 0.1) is 5.39 Å². The zero-order chi connectivity index (χ0) is 8.39. The van der Waals surface area contributed by atoms with Crippen molar-refractivity contribution < 1.29 is 4.74 Å². The van der Waals surface area contributed by atoms with E-state index in [0.29, 0.717) is 6.61 Å². The van der Waals surface area contributed by atoms with Gasteiger partial charge < -0.3 is 4.74 Å². The van der Waals surface area contributed by atoms with Crippen molar-refractivity contribution in [2.24, 2.45) is 0 Å². The second-order valence-corrected chi connectivity index (χ2v) is 2.79. The highest BCUT2D eigenvalue weighted by Gasteiger charge is 2.29. The van der Waals surface area contributed by atoms with Crippen LogP contribution in [0.4, 0.5) is 0 Å². The van der Waals surface area contributed by atoms with Crippen LogP contribution in [0.1, 0.15) is 17.4 Å². The Labute approximate surface area is 70.6 Å². The quantitative estimate of drug-likeness (QED) is 0.546. The van der Waals surface area contributed by atoms with Gasteiger partial charge in [-0.25, -0.2) is 0 Å². The zero-order valence-corrected chi connectivity index (χ0v) is 6.60. The van der Waals surface area contributed by atoms with Crippen molar-refractivity contribution in [3.63, 3.8) is 0 Å². The molecule has 1 aromatic rings. The Morgan fingerprint density at radius 1 is 1.42 bits per heavy atom. The molecular weight excluding hydrogens is 152 g/mol. The SMILES string of the molecule is N#[N+]C1OCCc2ccccc21. The Balaban J connectivity index is 2.45. The summed E-state index contributed by atoms with van der Waals surface area (Å²) in [6.07, 6.45) is 0.428. The molecule has 2 rings (SSSR count). The van der Waals surface area contributed by atoms with Gasteiger partial charge in [0.25, 0.3) is 0 Å². The summed E-state index contributed by atoms with van der Waals surface area (Å²) in [4.78, 5) is 3.17. The van der Waals surface area contributed by atoms with Crippen LogP contribution in [-0.2, 0) is 11.2 Å². The lowest BCUT2D eigenvalue weighted by Gasteiger charge is -2.13. The van der Waals surface area contributed by atoms with E-state index in [9.17, 15) is 0 Å². The van der Waals surface area contributed by atoms with Crippen LogP contribution in [0.15, 0.2) is 24.3 Å². The van der Waals surface area contributed by atoms with Crippen LogP contribution in [0.3, 0.4) is 0 Å². The highest BCUT2D eigenvalue weighted by molar-refractivity contribution is 5.31. The highest BCUT2D eigenvalue weighted by Crippen LogP contribution is 2.27. The molecule has 1 aliphatic heterocycles. The number of rotatable bonds is 0. The molecule has 0 saturated heterocycles. The van der Waals surface area contributed by atoms with E-state index < -0.39 is 6.23 Å². The van der Waals surface area contributed by atoms with Crippen LogP contribution < -0.4 is 0 Å². The maximum absolute atomic E-state index is 8.64. The Bertz CT molecular complexity index is 330. The molecule has 0 bridgehead atoms. The smallest absolute Gasteiger partial charge is 0.300 e. The first kappa shape index (κ1) is 7.26. The first-order valence-corrected chi connectivity index (χ1v) is 3.95. The third-order valence-electron chi connectivity index (χ3n) is 2.07. The molecule has 0 amide bonds. The van der Waals surface area contributed by atoms with E-state index in [1.807, 2.05) is 24.3 Å². The van der Waals surface area contributed by atoms with Gasteiger partial charge in [-0.3, -0.25) is 0 Å². The minimum Gasteiger partial charge on any atom is -0.300 e. The van der Waals surface area contributed by atoms with E-state index in [-0.39, 0.29) is 0 Å². The number of hydrogen-bond acceptors (Lipinski definition) is 2. The lowest BCUT2D eigenvalue weighted by Crippen LogP contribution is -2.13. The van der Waals surface area contributed by atoms with Crippen LogP contribution in [0.2, 0.25) is 0 Å². The highest BCUT2D eigenvalue weighted by atomic mass is 16.5. The van der Waals surface area contributed by atoms with E-state index in [2.05, 4.69) is 4.98 Å². The molecule has 1 atom stereocenters. The van der Waals surface area contributed by atoms with Crippen molar-refractivity contribution in [1.82, 2.24) is 0 Å². The normalized spacial score (nSPS) is 21.1. The van der Waals surface area contributed by atoms with Gasteiger partial charge in [0.15, 0.2) is 4.98 Å². The maximum Gasteiger partial charge on any atom is 0.445 e. The minimum absolute atomic E-state index is 0.477. The summed E-state index contributed by atoms with van der Waals surface area (Å²) in [5, 5.41) is 8.64. The predicted octanol–water partition coefficient (Wildman–Crippen LogP) is 2.11. The van der Waals surface area contributed by atoms with Crippen LogP contribution in [0.5, 0.6) is 0 Å². The van der Waals surface area contributed by atoms with Crippen molar-refractivity contribution in [2.45, 2.75) is 12.6 Å². The van der Waals surface area contributed by atoms with E-state index in [0.717, 1.165) is 12.0 Å². The zero-order valence-electron chi connectivity index (χ0n) is 6.60. The van der Waals surface area contributed by atoms with Gasteiger partial charge in [0.1, 0.15) is 0 Å². The van der Waals surface area contributed by atoms with Crippen LogP contribution in [0.25, 0.3) is 4.98 Å². The van der Waals surface area contributed by atoms with Gasteiger partial charge >= 0.3 is 6.23 Å². The standard InChI is InChI=1S/C9H9N2O/c10-11-9-8-4-2-1-3-7(8)5-6-12-9/h1-4,9H,5-6H2/q+1. The molecule has 0 aliphatic carbocycles. The van der Waals surface area contributed by atoms with Crippen molar-refractivity contribution in [2.75, 3.05) is 6.61 Å². The third kappa shape index (κ3) is 1.06. The molecule has 60 valence electrons. The number of ether oxygens (including phenoxy) is 1. The second-order valence-electron chi connectivity index (χ2n) is 2.79. The molecule has 0 fully saturated rings. The maximum atomic E-state index is 8.64. The van der Waals surface area contributed by atoms with Crippen LogP contribution >= 0.6 is 0 Å². The lowest BCUT2D eigenvalue weighted by molar-refractivity contribution is 0.0715. The average molecular weight is 161 g/mol. The van der Waals surface area contributed by atoms with Crippen LogP contribution in [-0.4, -0.2) is 6.61 Å². The molecule has 1 aromatic carbocycles. The minimum atomic E-state index is -0.477. The Hall–Kier alpha value is -1.40. The molecule has 3 nitrogen and oxygen atoms in total. The van der Waals surface area contributed by atoms with Crippen molar-refractivity contribution in [3.8, 4) is 0 Å². The molecule has 3 heteroatoms. The molecular formula is C9H9N2O+. The summed E-state index contributed by atoms with van der Waals surface area (Å²) in [7, 11) is 0. The Kier molecular flexibility index (Phi) is 1.77. The van der Waals surface area contributed by atoms with E-state index in [4.69, 9.17) is 10.1 Å². The molecule has 1 heterocycles. The average Bonchev–Trinajstić information content (AvgIpc) is 2.17. The summed E-state index contributed by atoms with van der Waals surface area (Å²) in [5.74, 6) is 0. The fourth-order valence-electron chi connectivity index (χ4n) is 1.47. The number of nitrogens with zero attached hydrogens (tertiary/aromatic N) is 2. The van der Waals surface area contributed by atoms with Crippen molar-refractivity contribution in [1.29, 1.82) is 5.39 Å². The number of fused-ring (bicyclic) bond motifs is 1. The molecule has 0 aromatic heterocycles. The second kappa shape index (κ2) is 2.92. The summed E-state index contributed by atoms with van der Waals surface area (Å²) >= 11 is 0. The Morgan fingerprint density at radius 2 is 2.25 bits per heavy atom. The monoisotopic (exact) mass is 161 g/mol. The fourth-order valence-corrected chi connectivity index (χ4v) is 1.47. The lowest BCUT2D eigenvalue weighted by atomic mass is 10.0. The third-order valence-corrected chi connectivity index (χ3v) is 2.07. The Morgan fingerprint density at radius 3 is 3.08 bits per heavy atom. The summed E-state index contributed by atoms with van der Waals surface area (Å²) in [5.41, 5.74) is 2.19. The summed E-state index contributed by atoms with van der Waals surface area (Å²) in [6.45, 7) is 0.631. The fraction of sp³-hybridized carbons (Fsp3) is 0.333. The first-order valence-electron chi connectivity index (χ1n) is 3.95. The van der Waals surface area contributed by atoms with Gasteiger partial charge in [-0.2, -0.15) is 0 Å². The molecule has 0 N–H and O–H groups in total. The molecule has 0 radical (unpaired) electrons. The van der Waals surface area contributed by atoms with Gasteiger partial charge in [-0.05, 0) is 18.1 Å². The summed E-state index contributed by atoms with van der Waals surface area (Å²) < 4.78 is 5.24. The summed E-state index contributed by atoms with van der Waals surface area (Å²) in [6, 6.07) is 7.87. The number of diazo groups is 1. The largest absolute Gasteiger partial charge is 0.445 e. The van der Waals surface area contributed by atoms with E-state index in [1.54, 1.807) is 0 Å². The number of benzene rings is 1. The predicted molar refractivity (Wildman–Crippen MR) is 43.9 cm³/mol. The van der Waals surface area contributed by atoms with Gasteiger partial charge in [-0.15, -0.1) is 0 Å². The molecule has 0 spiro atoms. The van der Waals surface area contributed by atoms with E-state index >= 15 is 0 Å². The first-order chi connectivity index (χ1) is 5.92.